The first-order valence-electron chi connectivity index (χ1n) is 6.77. The van der Waals surface area contributed by atoms with Crippen LogP contribution in [-0.4, -0.2) is 52.4 Å². The topological polar surface area (TPSA) is 25.5 Å². The number of rotatable bonds is 10. The van der Waals surface area contributed by atoms with Crippen molar-refractivity contribution in [2.75, 3.05) is 52.4 Å². The Bertz CT molecular complexity index is 106. The maximum absolute atomic E-state index is 2.48. The van der Waals surface area contributed by atoms with E-state index in [4.69, 9.17) is 0 Å². The maximum Gasteiger partial charge on any atom is 0.127 e. The highest BCUT2D eigenvalue weighted by Crippen LogP contribution is 1.49. The predicted octanol–water partition coefficient (Wildman–Crippen LogP) is -2.60. The molecule has 4 N–H and O–H groups in total. The summed E-state index contributed by atoms with van der Waals surface area (Å²) in [5.74, 6) is 0. The third-order valence-corrected chi connectivity index (χ3v) is 3.40. The van der Waals surface area contributed by atoms with Crippen LogP contribution in [0, 0.1) is 0 Å². The van der Waals surface area contributed by atoms with Crippen LogP contribution in [0.2, 0.25) is 0 Å². The Morgan fingerprint density at radius 1 is 0.667 bits per heavy atom. The van der Waals surface area contributed by atoms with Gasteiger partial charge in [0.05, 0.1) is 26.2 Å². The van der Waals surface area contributed by atoms with Crippen LogP contribution in [0.3, 0.4) is 0 Å². The summed E-state index contributed by atoms with van der Waals surface area (Å²) in [6, 6.07) is 0. The summed E-state index contributed by atoms with van der Waals surface area (Å²) in [6.45, 7) is 19.4. The van der Waals surface area contributed by atoms with Crippen molar-refractivity contribution < 1.29 is 15.1 Å². The maximum atomic E-state index is 2.48. The van der Waals surface area contributed by atoms with Gasteiger partial charge in [-0.25, -0.2) is 0 Å². The highest BCUT2D eigenvalue weighted by atomic mass is 15.1. The molecular weight excluding hydrogens is 186 g/mol. The minimum absolute atomic E-state index is 1.27. The van der Waals surface area contributed by atoms with Gasteiger partial charge in [-0.1, -0.05) is 0 Å². The van der Waals surface area contributed by atoms with Crippen LogP contribution in [0.1, 0.15) is 27.7 Å². The van der Waals surface area contributed by atoms with E-state index >= 15 is 0 Å². The lowest BCUT2D eigenvalue weighted by molar-refractivity contribution is -0.922. The Balaban J connectivity index is 3.30. The molecule has 0 rings (SSSR count). The Hall–Kier alpha value is -0.120. The molecule has 0 radical (unpaired) electrons. The Morgan fingerprint density at radius 2 is 1.00 bits per heavy atom. The molecule has 0 heterocycles. The summed E-state index contributed by atoms with van der Waals surface area (Å²) in [4.78, 5) is 3.45. The van der Waals surface area contributed by atoms with E-state index in [-0.39, 0.29) is 0 Å². The molecule has 0 atom stereocenters. The second-order valence-electron chi connectivity index (χ2n) is 4.28. The summed E-state index contributed by atoms with van der Waals surface area (Å²) >= 11 is 0. The molecular formula is C12H32N3+3. The van der Waals surface area contributed by atoms with E-state index in [1.165, 1.54) is 52.4 Å². The van der Waals surface area contributed by atoms with Crippen molar-refractivity contribution in [3.8, 4) is 0 Å². The molecule has 0 aliphatic carbocycles. The molecule has 0 aliphatic heterocycles. The Kier molecular flexibility index (Phi) is 10.3. The van der Waals surface area contributed by atoms with Crippen LogP contribution in [0.25, 0.3) is 0 Å². The van der Waals surface area contributed by atoms with Gasteiger partial charge in [0.25, 0.3) is 0 Å². The van der Waals surface area contributed by atoms with Crippen LogP contribution in [0.4, 0.5) is 0 Å². The number of nitrogens with two attached hydrogens (primary N) is 1. The normalized spacial score (nSPS) is 11.6. The molecule has 0 aliphatic rings. The lowest BCUT2D eigenvalue weighted by atomic mass is 10.4. The third kappa shape index (κ3) is 7.77. The molecule has 0 bridgehead atoms. The van der Waals surface area contributed by atoms with Gasteiger partial charge in [-0.05, 0) is 27.7 Å². The van der Waals surface area contributed by atoms with Gasteiger partial charge < -0.3 is 15.1 Å². The molecule has 0 unspecified atom stereocenters. The van der Waals surface area contributed by atoms with E-state index in [1.54, 1.807) is 9.80 Å². The van der Waals surface area contributed by atoms with Crippen molar-refractivity contribution in [3.63, 3.8) is 0 Å². The molecule has 0 aromatic carbocycles. The van der Waals surface area contributed by atoms with Crippen molar-refractivity contribution in [3.05, 3.63) is 0 Å². The average Bonchev–Trinajstić information content (AvgIpc) is 2.29. The smallest absolute Gasteiger partial charge is 0.127 e. The van der Waals surface area contributed by atoms with Crippen molar-refractivity contribution >= 4 is 0 Å². The standard InChI is InChI=1S/C12H29N3/c1-5-14(6-2)11-9-13-10-12-15(7-3)8-4/h13H,5-12H2,1-4H3/p+3. The zero-order chi connectivity index (χ0) is 11.5. The van der Waals surface area contributed by atoms with Crippen molar-refractivity contribution in [2.45, 2.75) is 27.7 Å². The summed E-state index contributed by atoms with van der Waals surface area (Å²) in [7, 11) is 0. The quantitative estimate of drug-likeness (QED) is 0.335. The highest BCUT2D eigenvalue weighted by Gasteiger charge is 2.05. The number of quaternary nitrogens is 3. The van der Waals surface area contributed by atoms with E-state index in [0.717, 1.165) is 0 Å². The molecule has 3 heteroatoms. The van der Waals surface area contributed by atoms with Gasteiger partial charge in [0.15, 0.2) is 0 Å². The monoisotopic (exact) mass is 218 g/mol. The fourth-order valence-corrected chi connectivity index (χ4v) is 1.96. The number of hydrogen-bond acceptors (Lipinski definition) is 0. The zero-order valence-corrected chi connectivity index (χ0v) is 11.2. The molecule has 0 saturated carbocycles. The van der Waals surface area contributed by atoms with Gasteiger partial charge in [-0.2, -0.15) is 0 Å². The number of nitrogens with one attached hydrogen (secondary N) is 2. The summed E-state index contributed by atoms with van der Waals surface area (Å²) < 4.78 is 0. The van der Waals surface area contributed by atoms with Gasteiger partial charge in [-0.15, -0.1) is 0 Å². The molecule has 0 amide bonds. The minimum atomic E-state index is 1.27. The first kappa shape index (κ1) is 14.9. The van der Waals surface area contributed by atoms with E-state index in [1.807, 2.05) is 0 Å². The zero-order valence-electron chi connectivity index (χ0n) is 11.2. The van der Waals surface area contributed by atoms with Gasteiger partial charge in [0, 0.05) is 0 Å². The second-order valence-corrected chi connectivity index (χ2v) is 4.28. The van der Waals surface area contributed by atoms with Crippen LogP contribution in [0.5, 0.6) is 0 Å². The average molecular weight is 218 g/mol. The van der Waals surface area contributed by atoms with Gasteiger partial charge >= 0.3 is 0 Å². The lowest BCUT2D eigenvalue weighted by Crippen LogP contribution is -3.16. The van der Waals surface area contributed by atoms with E-state index in [2.05, 4.69) is 33.0 Å². The summed E-state index contributed by atoms with van der Waals surface area (Å²) in [5, 5.41) is 2.48. The molecule has 0 spiro atoms. The van der Waals surface area contributed by atoms with Gasteiger partial charge in [0.2, 0.25) is 0 Å². The molecule has 0 saturated heterocycles. The van der Waals surface area contributed by atoms with Crippen LogP contribution in [0.15, 0.2) is 0 Å². The summed E-state index contributed by atoms with van der Waals surface area (Å²) in [5.41, 5.74) is 0. The van der Waals surface area contributed by atoms with Crippen LogP contribution < -0.4 is 15.1 Å². The molecule has 92 valence electrons. The largest absolute Gasteiger partial charge is 0.337 e. The van der Waals surface area contributed by atoms with Crippen molar-refractivity contribution in [2.24, 2.45) is 0 Å². The third-order valence-electron chi connectivity index (χ3n) is 3.40. The van der Waals surface area contributed by atoms with Crippen molar-refractivity contribution in [1.29, 1.82) is 0 Å². The highest BCUT2D eigenvalue weighted by molar-refractivity contribution is 4.25. The second kappa shape index (κ2) is 10.4. The molecule has 15 heavy (non-hydrogen) atoms. The van der Waals surface area contributed by atoms with Crippen molar-refractivity contribution in [1.82, 2.24) is 0 Å². The van der Waals surface area contributed by atoms with Crippen LogP contribution >= 0.6 is 0 Å². The first-order chi connectivity index (χ1) is 7.28. The van der Waals surface area contributed by atoms with E-state index < -0.39 is 0 Å². The molecule has 0 fully saturated rings. The lowest BCUT2D eigenvalue weighted by Gasteiger charge is -2.16. The van der Waals surface area contributed by atoms with Gasteiger partial charge in [0.1, 0.15) is 26.2 Å². The Labute approximate surface area is 95.8 Å². The first-order valence-corrected chi connectivity index (χ1v) is 6.77. The number of likely N-dealkylation sites (N-methyl/N-ethyl adjacent to an activating group) is 2. The molecule has 0 aromatic heterocycles. The van der Waals surface area contributed by atoms with Gasteiger partial charge in [-0.3, -0.25) is 0 Å². The Morgan fingerprint density at radius 3 is 1.27 bits per heavy atom. The summed E-state index contributed by atoms with van der Waals surface area (Å²) in [6.07, 6.45) is 0. The molecule has 3 nitrogen and oxygen atoms in total. The number of hydrogen-bond donors (Lipinski definition) is 3. The fraction of sp³-hybridized carbons (Fsp3) is 1.00. The predicted molar refractivity (Wildman–Crippen MR) is 65.5 cm³/mol. The molecule has 0 aromatic rings. The SMILES string of the molecule is CC[NH+](CC)CC[NH2+]CC[NH+](CC)CC. The van der Waals surface area contributed by atoms with E-state index in [0.29, 0.717) is 0 Å². The fourth-order valence-electron chi connectivity index (χ4n) is 1.96. The van der Waals surface area contributed by atoms with E-state index in [9.17, 15) is 0 Å². The van der Waals surface area contributed by atoms with Crippen LogP contribution in [-0.2, 0) is 0 Å². The minimum Gasteiger partial charge on any atom is -0.337 e.